The van der Waals surface area contributed by atoms with E-state index in [0.29, 0.717) is 28.8 Å². The molecule has 1 aliphatic carbocycles. The SMILES string of the molecule is Cc1noc(C)c1-c1ccc(NC(=O)C(c2cc(C(N)=O)n(C(C)C)n2)C2CCC(C)CC2)cn1. The molecule has 0 aliphatic heterocycles. The third kappa shape index (κ3) is 5.13. The molecule has 3 aromatic heterocycles. The van der Waals surface area contributed by atoms with Crippen LogP contribution in [0.3, 0.4) is 0 Å². The predicted octanol–water partition coefficient (Wildman–Crippen LogP) is 4.78. The third-order valence-corrected chi connectivity index (χ3v) is 6.95. The molecule has 1 fully saturated rings. The van der Waals surface area contributed by atoms with Gasteiger partial charge in [0.2, 0.25) is 5.91 Å². The Labute approximate surface area is 205 Å². The number of carbonyl (C=O) groups excluding carboxylic acids is 2. The van der Waals surface area contributed by atoms with E-state index >= 15 is 0 Å². The number of nitrogens with one attached hydrogen (secondary N) is 1. The molecule has 0 bridgehead atoms. The van der Waals surface area contributed by atoms with Gasteiger partial charge in [-0.1, -0.05) is 24.9 Å². The molecule has 3 aromatic rings. The molecular weight excluding hydrogens is 444 g/mol. The zero-order chi connectivity index (χ0) is 25.3. The molecule has 1 unspecified atom stereocenters. The first-order chi connectivity index (χ1) is 16.7. The molecule has 2 amide bonds. The second kappa shape index (κ2) is 10.0. The van der Waals surface area contributed by atoms with Crippen molar-refractivity contribution < 1.29 is 14.1 Å². The van der Waals surface area contributed by atoms with Gasteiger partial charge in [-0.15, -0.1) is 0 Å². The average Bonchev–Trinajstić information content (AvgIpc) is 3.40. The predicted molar refractivity (Wildman–Crippen MR) is 133 cm³/mol. The number of hydrogen-bond acceptors (Lipinski definition) is 6. The van der Waals surface area contributed by atoms with Gasteiger partial charge in [-0.05, 0) is 70.6 Å². The van der Waals surface area contributed by atoms with Crippen LogP contribution in [0.2, 0.25) is 0 Å². The van der Waals surface area contributed by atoms with Crippen LogP contribution in [-0.2, 0) is 4.79 Å². The molecule has 0 spiro atoms. The Morgan fingerprint density at radius 1 is 1.17 bits per heavy atom. The molecular formula is C26H34N6O3. The van der Waals surface area contributed by atoms with E-state index in [-0.39, 0.29) is 17.9 Å². The number of hydrogen-bond donors (Lipinski definition) is 2. The molecule has 3 N–H and O–H groups in total. The van der Waals surface area contributed by atoms with Crippen molar-refractivity contribution >= 4 is 17.5 Å². The van der Waals surface area contributed by atoms with Crippen molar-refractivity contribution in [1.82, 2.24) is 19.9 Å². The zero-order valence-corrected chi connectivity index (χ0v) is 21.0. The number of amides is 2. The van der Waals surface area contributed by atoms with Crippen LogP contribution in [0.25, 0.3) is 11.3 Å². The zero-order valence-electron chi connectivity index (χ0n) is 21.0. The Morgan fingerprint density at radius 3 is 2.40 bits per heavy atom. The summed E-state index contributed by atoms with van der Waals surface area (Å²) in [6.07, 6.45) is 5.64. The molecule has 0 saturated heterocycles. The molecule has 0 aromatic carbocycles. The standard InChI is InChI=1S/C26H34N6O3/c1-14(2)32-22(25(27)33)12-21(30-32)24(18-8-6-15(3)7-9-18)26(34)29-19-10-11-20(28-13-19)23-16(4)31-35-17(23)5/h10-15,18,24H,6-9H2,1-5H3,(H2,27,33)(H,29,34). The first kappa shape index (κ1) is 24.6. The van der Waals surface area contributed by atoms with Gasteiger partial charge >= 0.3 is 0 Å². The molecule has 186 valence electrons. The largest absolute Gasteiger partial charge is 0.364 e. The number of aromatic nitrogens is 4. The number of carbonyl (C=O) groups is 2. The fraction of sp³-hybridized carbons (Fsp3) is 0.500. The van der Waals surface area contributed by atoms with E-state index in [0.717, 1.165) is 42.6 Å². The van der Waals surface area contributed by atoms with Gasteiger partial charge < -0.3 is 15.6 Å². The highest BCUT2D eigenvalue weighted by Crippen LogP contribution is 2.39. The van der Waals surface area contributed by atoms with Crippen molar-refractivity contribution in [2.24, 2.45) is 17.6 Å². The Kier molecular flexibility index (Phi) is 7.05. The highest BCUT2D eigenvalue weighted by molar-refractivity contribution is 5.97. The van der Waals surface area contributed by atoms with Crippen molar-refractivity contribution in [2.45, 2.75) is 72.3 Å². The molecule has 1 atom stereocenters. The summed E-state index contributed by atoms with van der Waals surface area (Å²) in [6, 6.07) is 5.30. The lowest BCUT2D eigenvalue weighted by Gasteiger charge is -2.31. The van der Waals surface area contributed by atoms with Crippen molar-refractivity contribution in [3.05, 3.63) is 47.2 Å². The summed E-state index contributed by atoms with van der Waals surface area (Å²) >= 11 is 0. The molecule has 4 rings (SSSR count). The second-order valence-corrected chi connectivity index (χ2v) is 9.98. The van der Waals surface area contributed by atoms with E-state index in [4.69, 9.17) is 10.3 Å². The smallest absolute Gasteiger partial charge is 0.266 e. The Bertz CT molecular complexity index is 1180. The topological polar surface area (TPSA) is 129 Å². The van der Waals surface area contributed by atoms with Crippen molar-refractivity contribution in [3.8, 4) is 11.3 Å². The number of nitrogens with two attached hydrogens (primary N) is 1. The second-order valence-electron chi connectivity index (χ2n) is 9.98. The quantitative estimate of drug-likeness (QED) is 0.503. The van der Waals surface area contributed by atoms with Gasteiger partial charge in [-0.25, -0.2) is 0 Å². The van der Waals surface area contributed by atoms with E-state index in [2.05, 4.69) is 27.5 Å². The Balaban J connectivity index is 1.62. The number of anilines is 1. The van der Waals surface area contributed by atoms with Crippen molar-refractivity contribution in [1.29, 1.82) is 0 Å². The van der Waals surface area contributed by atoms with Crippen LogP contribution in [0.4, 0.5) is 5.69 Å². The summed E-state index contributed by atoms with van der Waals surface area (Å²) in [6.45, 7) is 9.84. The van der Waals surface area contributed by atoms with Gasteiger partial charge in [0.1, 0.15) is 11.5 Å². The van der Waals surface area contributed by atoms with Crippen LogP contribution < -0.4 is 11.1 Å². The van der Waals surface area contributed by atoms with Crippen LogP contribution in [0.15, 0.2) is 28.9 Å². The summed E-state index contributed by atoms with van der Waals surface area (Å²) < 4.78 is 6.86. The fourth-order valence-corrected chi connectivity index (χ4v) is 5.04. The number of primary amides is 1. The number of pyridine rings is 1. The minimum Gasteiger partial charge on any atom is -0.364 e. The first-order valence-electron chi connectivity index (χ1n) is 12.2. The Morgan fingerprint density at radius 2 is 1.89 bits per heavy atom. The van der Waals surface area contributed by atoms with Crippen LogP contribution >= 0.6 is 0 Å². The van der Waals surface area contributed by atoms with E-state index in [1.54, 1.807) is 16.9 Å². The monoisotopic (exact) mass is 478 g/mol. The van der Waals surface area contributed by atoms with Gasteiger partial charge in [-0.2, -0.15) is 5.10 Å². The maximum atomic E-state index is 13.6. The first-order valence-corrected chi connectivity index (χ1v) is 12.2. The van der Waals surface area contributed by atoms with E-state index < -0.39 is 11.8 Å². The van der Waals surface area contributed by atoms with E-state index in [9.17, 15) is 9.59 Å². The van der Waals surface area contributed by atoms with Gasteiger partial charge in [0.15, 0.2) is 0 Å². The normalized spacial score (nSPS) is 19.0. The summed E-state index contributed by atoms with van der Waals surface area (Å²) in [5.41, 5.74) is 9.48. The fourth-order valence-electron chi connectivity index (χ4n) is 5.04. The maximum Gasteiger partial charge on any atom is 0.266 e. The molecule has 9 heteroatoms. The molecule has 3 heterocycles. The number of nitrogens with zero attached hydrogens (tertiary/aromatic N) is 4. The van der Waals surface area contributed by atoms with Gasteiger partial charge in [0.25, 0.3) is 5.91 Å². The molecule has 9 nitrogen and oxygen atoms in total. The maximum absolute atomic E-state index is 13.6. The minimum absolute atomic E-state index is 0.0533. The van der Waals surface area contributed by atoms with Crippen molar-refractivity contribution in [2.75, 3.05) is 5.32 Å². The Hall–Kier alpha value is -3.49. The highest BCUT2D eigenvalue weighted by atomic mass is 16.5. The highest BCUT2D eigenvalue weighted by Gasteiger charge is 2.35. The van der Waals surface area contributed by atoms with Crippen LogP contribution in [0, 0.1) is 25.7 Å². The van der Waals surface area contributed by atoms with Crippen LogP contribution in [0.5, 0.6) is 0 Å². The summed E-state index contributed by atoms with van der Waals surface area (Å²) in [5, 5.41) is 11.7. The number of rotatable bonds is 7. The molecule has 35 heavy (non-hydrogen) atoms. The molecule has 1 saturated carbocycles. The van der Waals surface area contributed by atoms with Crippen LogP contribution in [-0.4, -0.2) is 31.7 Å². The third-order valence-electron chi connectivity index (χ3n) is 6.95. The van der Waals surface area contributed by atoms with Gasteiger partial charge in [-0.3, -0.25) is 19.3 Å². The van der Waals surface area contributed by atoms with E-state index in [1.165, 1.54) is 0 Å². The summed E-state index contributed by atoms with van der Waals surface area (Å²) in [4.78, 5) is 30.2. The summed E-state index contributed by atoms with van der Waals surface area (Å²) in [7, 11) is 0. The van der Waals surface area contributed by atoms with Crippen molar-refractivity contribution in [3.63, 3.8) is 0 Å². The molecule has 1 aliphatic rings. The van der Waals surface area contributed by atoms with Gasteiger partial charge in [0.05, 0.1) is 40.4 Å². The number of aryl methyl sites for hydroxylation is 2. The lowest BCUT2D eigenvalue weighted by molar-refractivity contribution is -0.119. The average molecular weight is 479 g/mol. The van der Waals surface area contributed by atoms with E-state index in [1.807, 2.05) is 39.8 Å². The molecule has 0 radical (unpaired) electrons. The lowest BCUT2D eigenvalue weighted by Crippen LogP contribution is -2.30. The summed E-state index contributed by atoms with van der Waals surface area (Å²) in [5.74, 6) is 0.295. The van der Waals surface area contributed by atoms with Crippen LogP contribution in [0.1, 0.15) is 86.1 Å². The van der Waals surface area contributed by atoms with Gasteiger partial charge in [0, 0.05) is 6.04 Å². The minimum atomic E-state index is -0.548. The lowest BCUT2D eigenvalue weighted by atomic mass is 9.75.